The first kappa shape index (κ1) is 16.5. The summed E-state index contributed by atoms with van der Waals surface area (Å²) in [7, 11) is 0. The standard InChI is InChI=1S/C18H19N3O2/c1-3-5-16(21-9-8-13(2)10-17(21)22)18(23)20-15-7-4-6-14(11-15)12-19/h4,6-11,16H,3,5H2,1-2H3,(H,20,23). The zero-order chi connectivity index (χ0) is 16.8. The van der Waals surface area contributed by atoms with Crippen molar-refractivity contribution in [1.82, 2.24) is 4.57 Å². The molecule has 0 saturated carbocycles. The van der Waals surface area contributed by atoms with Crippen LogP contribution in [0.1, 0.15) is 36.9 Å². The van der Waals surface area contributed by atoms with Crippen LogP contribution >= 0.6 is 0 Å². The van der Waals surface area contributed by atoms with Crippen LogP contribution < -0.4 is 10.9 Å². The van der Waals surface area contributed by atoms with Gasteiger partial charge in [0.05, 0.1) is 11.6 Å². The van der Waals surface area contributed by atoms with Gasteiger partial charge in [0.2, 0.25) is 5.91 Å². The number of pyridine rings is 1. The van der Waals surface area contributed by atoms with Crippen molar-refractivity contribution in [1.29, 1.82) is 5.26 Å². The van der Waals surface area contributed by atoms with E-state index < -0.39 is 6.04 Å². The third kappa shape index (κ3) is 4.07. The van der Waals surface area contributed by atoms with Gasteiger partial charge >= 0.3 is 0 Å². The zero-order valence-corrected chi connectivity index (χ0v) is 13.2. The normalized spacial score (nSPS) is 11.5. The summed E-state index contributed by atoms with van der Waals surface area (Å²) in [6.45, 7) is 3.81. The van der Waals surface area contributed by atoms with Gasteiger partial charge in [-0.25, -0.2) is 0 Å². The molecule has 1 heterocycles. The molecule has 0 spiro atoms. The topological polar surface area (TPSA) is 74.9 Å². The van der Waals surface area contributed by atoms with Gasteiger partial charge in [0.25, 0.3) is 5.56 Å². The molecule has 0 aliphatic heterocycles. The first-order valence-corrected chi connectivity index (χ1v) is 7.55. The summed E-state index contributed by atoms with van der Waals surface area (Å²) in [5.41, 5.74) is 1.70. The fraction of sp³-hybridized carbons (Fsp3) is 0.278. The van der Waals surface area contributed by atoms with Gasteiger partial charge in [0.1, 0.15) is 6.04 Å². The Morgan fingerprint density at radius 2 is 2.13 bits per heavy atom. The second-order valence-electron chi connectivity index (χ2n) is 5.44. The molecule has 1 N–H and O–H groups in total. The van der Waals surface area contributed by atoms with E-state index in [9.17, 15) is 9.59 Å². The molecule has 1 unspecified atom stereocenters. The Kier molecular flexibility index (Phi) is 5.32. The molecule has 0 aliphatic rings. The molecule has 1 aromatic carbocycles. The Morgan fingerprint density at radius 3 is 2.78 bits per heavy atom. The van der Waals surface area contributed by atoms with Gasteiger partial charge in [-0.3, -0.25) is 9.59 Å². The van der Waals surface area contributed by atoms with Gasteiger partial charge in [-0.1, -0.05) is 19.4 Å². The summed E-state index contributed by atoms with van der Waals surface area (Å²) < 4.78 is 1.46. The molecule has 23 heavy (non-hydrogen) atoms. The molecule has 2 rings (SSSR count). The molecule has 118 valence electrons. The maximum Gasteiger partial charge on any atom is 0.251 e. The fourth-order valence-electron chi connectivity index (χ4n) is 2.41. The van der Waals surface area contributed by atoms with Crippen molar-refractivity contribution in [3.63, 3.8) is 0 Å². The third-order valence-electron chi connectivity index (χ3n) is 3.56. The molecule has 0 bridgehead atoms. The molecular formula is C18H19N3O2. The third-order valence-corrected chi connectivity index (χ3v) is 3.56. The van der Waals surface area contributed by atoms with Crippen molar-refractivity contribution in [2.24, 2.45) is 0 Å². The van der Waals surface area contributed by atoms with Crippen LogP contribution in [0.15, 0.2) is 47.4 Å². The molecule has 0 fully saturated rings. The molecular weight excluding hydrogens is 290 g/mol. The maximum absolute atomic E-state index is 12.6. The van der Waals surface area contributed by atoms with Gasteiger partial charge in [-0.05, 0) is 43.2 Å². The predicted octanol–water partition coefficient (Wildman–Crippen LogP) is 3.01. The van der Waals surface area contributed by atoms with Crippen molar-refractivity contribution in [2.45, 2.75) is 32.7 Å². The summed E-state index contributed by atoms with van der Waals surface area (Å²) in [6.07, 6.45) is 2.99. The quantitative estimate of drug-likeness (QED) is 0.922. The van der Waals surface area contributed by atoms with Crippen molar-refractivity contribution >= 4 is 11.6 Å². The van der Waals surface area contributed by atoms with E-state index in [2.05, 4.69) is 5.32 Å². The number of anilines is 1. The first-order valence-electron chi connectivity index (χ1n) is 7.55. The van der Waals surface area contributed by atoms with E-state index in [1.807, 2.05) is 26.0 Å². The van der Waals surface area contributed by atoms with E-state index in [-0.39, 0.29) is 11.5 Å². The van der Waals surface area contributed by atoms with Gasteiger partial charge < -0.3 is 9.88 Å². The number of aryl methyl sites for hydroxylation is 1. The van der Waals surface area contributed by atoms with Crippen LogP contribution in [0.4, 0.5) is 5.69 Å². The molecule has 1 aromatic heterocycles. The molecule has 5 nitrogen and oxygen atoms in total. The summed E-state index contributed by atoms with van der Waals surface area (Å²) in [5.74, 6) is -0.257. The van der Waals surface area contributed by atoms with E-state index in [0.29, 0.717) is 17.7 Å². The Bertz CT molecular complexity index is 802. The SMILES string of the molecule is CCCC(C(=O)Nc1cccc(C#N)c1)n1ccc(C)cc1=O. The number of nitrogens with zero attached hydrogens (tertiary/aromatic N) is 2. The monoisotopic (exact) mass is 309 g/mol. The van der Waals surface area contributed by atoms with Gasteiger partial charge in [-0.15, -0.1) is 0 Å². The summed E-state index contributed by atoms with van der Waals surface area (Å²) >= 11 is 0. The number of nitrogens with one attached hydrogen (secondary N) is 1. The maximum atomic E-state index is 12.6. The number of carbonyl (C=O) groups is 1. The molecule has 5 heteroatoms. The van der Waals surface area contributed by atoms with Crippen molar-refractivity contribution in [3.8, 4) is 6.07 Å². The summed E-state index contributed by atoms with van der Waals surface area (Å²) in [5, 5.41) is 11.7. The Labute approximate surface area is 135 Å². The number of nitriles is 1. The van der Waals surface area contributed by atoms with Gasteiger partial charge in [0, 0.05) is 18.0 Å². The Hall–Kier alpha value is -2.87. The number of hydrogen-bond acceptors (Lipinski definition) is 3. The second kappa shape index (κ2) is 7.41. The minimum Gasteiger partial charge on any atom is -0.324 e. The van der Waals surface area contributed by atoms with Crippen LogP contribution in [0.5, 0.6) is 0 Å². The van der Waals surface area contributed by atoms with Crippen LogP contribution in [0, 0.1) is 18.3 Å². The number of hydrogen-bond donors (Lipinski definition) is 1. The predicted molar refractivity (Wildman–Crippen MR) is 89.2 cm³/mol. The highest BCUT2D eigenvalue weighted by atomic mass is 16.2. The summed E-state index contributed by atoms with van der Waals surface area (Å²) in [4.78, 5) is 24.7. The van der Waals surface area contributed by atoms with Crippen LogP contribution in [0.25, 0.3) is 0 Å². The van der Waals surface area contributed by atoms with E-state index in [4.69, 9.17) is 5.26 Å². The molecule has 0 saturated heterocycles. The average Bonchev–Trinajstić information content (AvgIpc) is 2.53. The first-order chi connectivity index (χ1) is 11.0. The molecule has 2 aromatic rings. The Balaban J connectivity index is 2.28. The average molecular weight is 309 g/mol. The lowest BCUT2D eigenvalue weighted by molar-refractivity contribution is -0.119. The molecule has 0 aliphatic carbocycles. The lowest BCUT2D eigenvalue weighted by Gasteiger charge is -2.19. The smallest absolute Gasteiger partial charge is 0.251 e. The largest absolute Gasteiger partial charge is 0.324 e. The lowest BCUT2D eigenvalue weighted by atomic mass is 10.1. The van der Waals surface area contributed by atoms with Crippen LogP contribution in [-0.4, -0.2) is 10.5 Å². The number of rotatable bonds is 5. The van der Waals surface area contributed by atoms with Crippen LogP contribution in [0.3, 0.4) is 0 Å². The Morgan fingerprint density at radius 1 is 1.35 bits per heavy atom. The van der Waals surface area contributed by atoms with Gasteiger partial charge in [-0.2, -0.15) is 5.26 Å². The number of carbonyl (C=O) groups excluding carboxylic acids is 1. The van der Waals surface area contributed by atoms with E-state index in [1.54, 1.807) is 30.5 Å². The highest BCUT2D eigenvalue weighted by Crippen LogP contribution is 2.17. The van der Waals surface area contributed by atoms with Crippen LogP contribution in [-0.2, 0) is 4.79 Å². The minimum absolute atomic E-state index is 0.190. The van der Waals surface area contributed by atoms with Crippen molar-refractivity contribution < 1.29 is 4.79 Å². The van der Waals surface area contributed by atoms with Crippen LogP contribution in [0.2, 0.25) is 0 Å². The van der Waals surface area contributed by atoms with Crippen molar-refractivity contribution in [2.75, 3.05) is 5.32 Å². The minimum atomic E-state index is -0.571. The summed E-state index contributed by atoms with van der Waals surface area (Å²) in [6, 6.07) is 11.5. The molecule has 0 radical (unpaired) electrons. The number of aromatic nitrogens is 1. The highest BCUT2D eigenvalue weighted by molar-refractivity contribution is 5.93. The highest BCUT2D eigenvalue weighted by Gasteiger charge is 2.20. The molecule has 1 atom stereocenters. The van der Waals surface area contributed by atoms with Gasteiger partial charge in [0.15, 0.2) is 0 Å². The number of benzene rings is 1. The van der Waals surface area contributed by atoms with E-state index >= 15 is 0 Å². The zero-order valence-electron chi connectivity index (χ0n) is 13.2. The number of amides is 1. The second-order valence-corrected chi connectivity index (χ2v) is 5.44. The fourth-order valence-corrected chi connectivity index (χ4v) is 2.41. The van der Waals surface area contributed by atoms with E-state index in [0.717, 1.165) is 12.0 Å². The van der Waals surface area contributed by atoms with E-state index in [1.165, 1.54) is 10.6 Å². The molecule has 1 amide bonds. The van der Waals surface area contributed by atoms with Crippen molar-refractivity contribution in [3.05, 3.63) is 64.1 Å². The lowest BCUT2D eigenvalue weighted by Crippen LogP contribution is -2.32.